The smallest absolute Gasteiger partial charge is 0.346 e. The van der Waals surface area contributed by atoms with Crippen LogP contribution in [0.3, 0.4) is 0 Å². The van der Waals surface area contributed by atoms with Crippen LogP contribution in [0.15, 0.2) is 329 Å². The van der Waals surface area contributed by atoms with E-state index in [4.69, 9.17) is 23.7 Å². The first-order valence-corrected chi connectivity index (χ1v) is 48.8. The molecule has 0 fully saturated rings. The van der Waals surface area contributed by atoms with Crippen molar-refractivity contribution in [3.05, 3.63) is 343 Å². The standard InChI is InChI=1S/C123H113N3O7S2/c1-73(2)69-120(12,13)74-36-52-82(53-37-74)129-98-65-64-86-97(124(78-44-48-80(49-45-78)125-93-28-20-24-32-102(93)134-103-33-25-21-29-94(103)125)79-46-50-81(51-47-79)126-95-30-22-26-34-104(95)135-105-35-27-23-31-96(105)126)68-101(132-85-58-42-77(43-59-85)123(18,19)72-119(9,10)11)110-88-61-63-90-107-89(62-60-87(106(88)107)109(98)113(86)110)111-99(130-83-54-38-75(39-55-83)121(14,15)70-117(3,4)5)66-91-108-92(116(128)133-115(91)127)67-100(112(90)114(108)111)131-84-56-40-76(41-57-84)122(16,17)71-118(6,7)8/h20-68H,1,69-72H2,2-19H3. The third-order valence-electron chi connectivity index (χ3n) is 27.4. The number of hydrogen-bond donors (Lipinski definition) is 0. The molecule has 18 aromatic carbocycles. The first kappa shape index (κ1) is 88.1. The second-order valence-electron chi connectivity index (χ2n) is 43.7. The summed E-state index contributed by atoms with van der Waals surface area (Å²) in [6, 6.07) is 106. The molecule has 0 atom stereocenters. The Hall–Kier alpha value is -13.5. The minimum absolute atomic E-state index is 0.0570. The van der Waals surface area contributed by atoms with Crippen molar-refractivity contribution in [1.29, 1.82) is 0 Å². The monoisotopic (exact) mass is 1810 g/mol. The molecule has 10 nitrogen and oxygen atoms in total. The molecular formula is C123H113N3O7S2. The lowest BCUT2D eigenvalue weighted by atomic mass is 9.72. The van der Waals surface area contributed by atoms with Crippen molar-refractivity contribution in [2.45, 2.75) is 192 Å². The molecule has 0 spiro atoms. The third-order valence-corrected chi connectivity index (χ3v) is 29.6. The Morgan fingerprint density at radius 1 is 0.311 bits per heavy atom. The minimum Gasteiger partial charge on any atom is -0.457 e. The summed E-state index contributed by atoms with van der Waals surface area (Å²) < 4.78 is 36.4. The van der Waals surface area contributed by atoms with Crippen molar-refractivity contribution in [3.63, 3.8) is 0 Å². The van der Waals surface area contributed by atoms with Crippen LogP contribution in [0.1, 0.15) is 193 Å². The maximum atomic E-state index is 14.9. The number of rotatable bonds is 22. The van der Waals surface area contributed by atoms with Gasteiger partial charge in [-0.2, -0.15) is 0 Å². The van der Waals surface area contributed by atoms with E-state index in [1.165, 1.54) is 41.8 Å². The maximum Gasteiger partial charge on any atom is 0.346 e. The zero-order valence-electron chi connectivity index (χ0n) is 80.3. The summed E-state index contributed by atoms with van der Waals surface area (Å²) in [7, 11) is 0. The van der Waals surface area contributed by atoms with Crippen LogP contribution < -0.4 is 33.6 Å². The number of anilines is 9. The van der Waals surface area contributed by atoms with Gasteiger partial charge in [0.1, 0.15) is 46.0 Å². The molecule has 12 heteroatoms. The lowest BCUT2D eigenvalue weighted by Gasteiger charge is -2.34. The van der Waals surface area contributed by atoms with Gasteiger partial charge in [-0.05, 0) is 295 Å². The molecule has 0 aromatic heterocycles. The van der Waals surface area contributed by atoms with Crippen LogP contribution in [0.2, 0.25) is 0 Å². The lowest BCUT2D eigenvalue weighted by Crippen LogP contribution is -2.24. The van der Waals surface area contributed by atoms with E-state index in [9.17, 15) is 9.59 Å². The van der Waals surface area contributed by atoms with E-state index in [1.807, 2.05) is 24.3 Å². The van der Waals surface area contributed by atoms with Gasteiger partial charge in [-0.25, -0.2) is 9.59 Å². The van der Waals surface area contributed by atoms with Gasteiger partial charge in [0.25, 0.3) is 0 Å². The Morgan fingerprint density at radius 3 is 0.941 bits per heavy atom. The molecule has 21 rings (SSSR count). The number of hydrogen-bond acceptors (Lipinski definition) is 12. The van der Waals surface area contributed by atoms with Gasteiger partial charge >= 0.3 is 11.9 Å². The van der Waals surface area contributed by atoms with Gasteiger partial charge in [0.05, 0.1) is 39.6 Å². The fourth-order valence-corrected chi connectivity index (χ4v) is 25.0. The fourth-order valence-electron chi connectivity index (χ4n) is 22.9. The average molecular weight is 1810 g/mol. The average Bonchev–Trinajstić information content (AvgIpc) is 0.671. The van der Waals surface area contributed by atoms with Crippen molar-refractivity contribution < 1.29 is 33.3 Å². The van der Waals surface area contributed by atoms with E-state index in [0.717, 1.165) is 136 Å². The second kappa shape index (κ2) is 32.7. The summed E-state index contributed by atoms with van der Waals surface area (Å²) in [5, 5.41) is 11.3. The largest absolute Gasteiger partial charge is 0.457 e. The van der Waals surface area contributed by atoms with Crippen molar-refractivity contribution in [1.82, 2.24) is 0 Å². The Bertz CT molecular complexity index is 7420. The number of fused-ring (bicyclic) bond motifs is 8. The zero-order valence-corrected chi connectivity index (χ0v) is 82.0. The van der Waals surface area contributed by atoms with E-state index in [1.54, 1.807) is 35.7 Å². The molecule has 3 heterocycles. The third kappa shape index (κ3) is 16.1. The number of esters is 2. The predicted octanol–water partition coefficient (Wildman–Crippen LogP) is 36.8. The number of para-hydroxylation sites is 4. The van der Waals surface area contributed by atoms with Gasteiger partial charge in [0.2, 0.25) is 0 Å². The summed E-state index contributed by atoms with van der Waals surface area (Å²) in [5.74, 6) is 2.97. The van der Waals surface area contributed by atoms with Crippen LogP contribution in [-0.4, -0.2) is 11.9 Å². The Balaban J connectivity index is 0.867. The van der Waals surface area contributed by atoms with Crippen LogP contribution in [0, 0.1) is 16.2 Å². The first-order chi connectivity index (χ1) is 64.4. The van der Waals surface area contributed by atoms with Gasteiger partial charge in [-0.1, -0.05) is 268 Å². The van der Waals surface area contributed by atoms with Gasteiger partial charge < -0.3 is 38.4 Å². The Morgan fingerprint density at radius 2 is 0.607 bits per heavy atom. The van der Waals surface area contributed by atoms with Gasteiger partial charge in [0.15, 0.2) is 0 Å². The van der Waals surface area contributed by atoms with Crippen LogP contribution >= 0.6 is 23.5 Å². The first-order valence-electron chi connectivity index (χ1n) is 47.2. The fraction of sp³-hybridized carbons (Fsp3) is 0.236. The van der Waals surface area contributed by atoms with Crippen molar-refractivity contribution in [3.8, 4) is 46.0 Å². The predicted molar refractivity (Wildman–Crippen MR) is 563 cm³/mol. The molecule has 674 valence electrons. The van der Waals surface area contributed by atoms with Crippen molar-refractivity contribution in [2.24, 2.45) is 16.2 Å². The SMILES string of the molecule is C=C(C)CC(C)(C)c1ccc(Oc2ccc3c(N(c4ccc(N5c6ccccc6Sc6ccccc65)cc4)c4ccc(N5c6ccccc6Sc6ccccc65)cc4)cc(Oc4ccc(C(C)(C)CC(C)(C)C)cc4)c4c5ccc6c7c(Oc8ccc(C(C)(C)CC(C)(C)C)cc8)cc8c9c(cc(Oc%10ccc(C(C)(C)CC(C)(C)C)cc%10)c(c%10ccc(c2c34)c5c%106)c97)C(=O)OC8=O)cc1. The molecule has 0 unspecified atom stereocenters. The number of carbonyl (C=O) groups is 2. The van der Waals surface area contributed by atoms with Gasteiger partial charge in [-0.15, -0.1) is 6.58 Å². The van der Waals surface area contributed by atoms with Crippen molar-refractivity contribution >= 4 is 162 Å². The zero-order chi connectivity index (χ0) is 94.1. The molecule has 0 saturated carbocycles. The highest BCUT2D eigenvalue weighted by Crippen LogP contribution is 2.61. The summed E-state index contributed by atoms with van der Waals surface area (Å²) in [6.45, 7) is 45.5. The molecule has 3 aliphatic rings. The number of allylic oxidation sites excluding steroid dienone is 1. The van der Waals surface area contributed by atoms with Gasteiger partial charge in [-0.3, -0.25) is 0 Å². The maximum absolute atomic E-state index is 14.9. The normalized spacial score (nSPS) is 13.7. The quantitative estimate of drug-likeness (QED) is 0.0213. The minimum atomic E-state index is -0.763. The van der Waals surface area contributed by atoms with E-state index in [0.29, 0.717) is 67.5 Å². The van der Waals surface area contributed by atoms with Crippen molar-refractivity contribution in [2.75, 3.05) is 14.7 Å². The molecule has 0 saturated heterocycles. The molecule has 0 N–H and O–H groups in total. The summed E-state index contributed by atoms with van der Waals surface area (Å²) in [4.78, 5) is 41.8. The van der Waals surface area contributed by atoms with E-state index in [-0.39, 0.29) is 49.0 Å². The van der Waals surface area contributed by atoms with Gasteiger partial charge in [0, 0.05) is 91.5 Å². The van der Waals surface area contributed by atoms with Crippen LogP contribution in [0.5, 0.6) is 46.0 Å². The van der Waals surface area contributed by atoms with Crippen LogP contribution in [-0.2, 0) is 26.4 Å². The Kier molecular flexibility index (Phi) is 21.3. The highest BCUT2D eigenvalue weighted by atomic mass is 32.2. The molecule has 0 amide bonds. The Labute approximate surface area is 800 Å². The molecule has 0 radical (unpaired) electrons. The molecule has 0 aliphatic carbocycles. The number of ether oxygens (including phenoxy) is 5. The molecule has 18 aromatic rings. The van der Waals surface area contributed by atoms with E-state index in [2.05, 4.69) is 407 Å². The second-order valence-corrected chi connectivity index (χ2v) is 45.9. The van der Waals surface area contributed by atoms with E-state index >= 15 is 0 Å². The summed E-state index contributed by atoms with van der Waals surface area (Å²) >= 11 is 3.60. The van der Waals surface area contributed by atoms with E-state index < -0.39 is 11.9 Å². The lowest BCUT2D eigenvalue weighted by molar-refractivity contribution is 0.0390. The molecule has 3 aliphatic heterocycles. The highest BCUT2D eigenvalue weighted by Gasteiger charge is 2.39. The number of carbonyl (C=O) groups excluding carboxylic acids is 2. The molecular weight excluding hydrogens is 1700 g/mol. The number of benzene rings is 18. The molecule has 135 heavy (non-hydrogen) atoms. The van der Waals surface area contributed by atoms with Crippen LogP contribution in [0.4, 0.5) is 51.2 Å². The topological polar surface area (TPSA) is 90.0 Å². The highest BCUT2D eigenvalue weighted by molar-refractivity contribution is 8.00. The summed E-state index contributed by atoms with van der Waals surface area (Å²) in [5.41, 5.74) is 14.9. The molecule has 0 bridgehead atoms. The summed E-state index contributed by atoms with van der Waals surface area (Å²) in [6.07, 6.45) is 3.68. The number of nitrogens with zero attached hydrogens (tertiary/aromatic N) is 3. The van der Waals surface area contributed by atoms with Crippen LogP contribution in [0.25, 0.3) is 75.4 Å². The number of cyclic esters (lactones) is 2.